The van der Waals surface area contributed by atoms with Crippen LogP contribution >= 0.6 is 11.8 Å². The van der Waals surface area contributed by atoms with Crippen molar-refractivity contribution in [2.24, 2.45) is 10.8 Å². The maximum Gasteiger partial charge on any atom is 0.313 e. The van der Waals surface area contributed by atoms with Gasteiger partial charge in [0.25, 0.3) is 0 Å². The summed E-state index contributed by atoms with van der Waals surface area (Å²) in [5.74, 6) is -1.30. The number of nitrogens with one attached hydrogen (secondary N) is 2. The van der Waals surface area contributed by atoms with Crippen LogP contribution in [0.2, 0.25) is 0 Å². The molecule has 8 heteroatoms. The van der Waals surface area contributed by atoms with Crippen molar-refractivity contribution in [1.29, 1.82) is 10.7 Å². The monoisotopic (exact) mass is 277 g/mol. The van der Waals surface area contributed by atoms with Crippen molar-refractivity contribution in [2.45, 2.75) is 4.90 Å². The van der Waals surface area contributed by atoms with Crippen molar-refractivity contribution in [1.82, 2.24) is 0 Å². The number of hydrazone groups is 1. The van der Waals surface area contributed by atoms with Gasteiger partial charge in [0.2, 0.25) is 5.71 Å². The van der Waals surface area contributed by atoms with Crippen molar-refractivity contribution in [3.63, 3.8) is 0 Å². The highest BCUT2D eigenvalue weighted by Gasteiger charge is 2.02. The summed E-state index contributed by atoms with van der Waals surface area (Å²) < 4.78 is 0. The molecule has 1 aromatic carbocycles. The largest absolute Gasteiger partial charge is 0.481 e. The summed E-state index contributed by atoms with van der Waals surface area (Å²) in [6, 6.07) is 8.51. The van der Waals surface area contributed by atoms with Gasteiger partial charge in [-0.05, 0) is 24.3 Å². The molecule has 0 bridgehead atoms. The number of hydrogen-bond acceptors (Lipinski definition) is 6. The topological polar surface area (TPSA) is 135 Å². The van der Waals surface area contributed by atoms with Crippen LogP contribution in [0.15, 0.2) is 34.3 Å². The molecule has 0 amide bonds. The Bertz CT molecular complexity index is 547. The zero-order valence-corrected chi connectivity index (χ0v) is 10.6. The molecular weight excluding hydrogens is 266 g/mol. The minimum absolute atomic E-state index is 0.00611. The van der Waals surface area contributed by atoms with Crippen LogP contribution in [-0.4, -0.2) is 28.4 Å². The number of thioether (sulfide) groups is 1. The lowest BCUT2D eigenvalue weighted by Gasteiger charge is -2.03. The van der Waals surface area contributed by atoms with Crippen molar-refractivity contribution in [3.8, 4) is 6.07 Å². The van der Waals surface area contributed by atoms with Crippen LogP contribution in [0.4, 0.5) is 5.69 Å². The number of hydrogen-bond donors (Lipinski definition) is 4. The number of carbonyl (C=O) groups is 1. The number of benzene rings is 1. The van der Waals surface area contributed by atoms with Gasteiger partial charge in [-0.15, -0.1) is 11.8 Å². The van der Waals surface area contributed by atoms with Gasteiger partial charge >= 0.3 is 5.97 Å². The molecule has 0 aliphatic rings. The van der Waals surface area contributed by atoms with E-state index in [4.69, 9.17) is 21.5 Å². The van der Waals surface area contributed by atoms with Crippen LogP contribution in [0, 0.1) is 16.7 Å². The number of rotatable bonds is 6. The Hall–Kier alpha value is -2.53. The minimum atomic E-state index is -0.878. The number of amidine groups is 1. The normalized spacial score (nSPS) is 10.6. The fraction of sp³-hybridized carbons (Fsp3) is 0.0909. The standard InChI is InChI=1S/C11H11N5O2S/c12-5-9(11(13)14)16-15-7-1-3-8(4-2-7)19-6-10(17)18/h1-4,15H,6H2,(H3,13,14)(H,17,18)/b16-9+. The summed E-state index contributed by atoms with van der Waals surface area (Å²) in [4.78, 5) is 11.2. The summed E-state index contributed by atoms with van der Waals surface area (Å²) in [7, 11) is 0. The van der Waals surface area contributed by atoms with E-state index in [-0.39, 0.29) is 11.5 Å². The molecule has 0 unspecified atom stereocenters. The second-order valence-electron chi connectivity index (χ2n) is 3.30. The average Bonchev–Trinajstić information content (AvgIpc) is 2.38. The number of nitrogens with zero attached hydrogens (tertiary/aromatic N) is 2. The third kappa shape index (κ3) is 5.10. The van der Waals surface area contributed by atoms with Gasteiger partial charge in [-0.1, -0.05) is 0 Å². The van der Waals surface area contributed by atoms with E-state index in [2.05, 4.69) is 10.5 Å². The maximum atomic E-state index is 10.4. The molecule has 0 radical (unpaired) electrons. The van der Waals surface area contributed by atoms with E-state index in [0.717, 1.165) is 4.90 Å². The van der Waals surface area contributed by atoms with E-state index in [9.17, 15) is 4.79 Å². The van der Waals surface area contributed by atoms with E-state index in [0.29, 0.717) is 5.69 Å². The van der Waals surface area contributed by atoms with Gasteiger partial charge in [0.15, 0.2) is 5.84 Å². The lowest BCUT2D eigenvalue weighted by molar-refractivity contribution is -0.133. The highest BCUT2D eigenvalue weighted by molar-refractivity contribution is 8.00. The van der Waals surface area contributed by atoms with Crippen LogP contribution in [-0.2, 0) is 4.79 Å². The molecule has 98 valence electrons. The lowest BCUT2D eigenvalue weighted by atomic mass is 10.3. The third-order valence-electron chi connectivity index (χ3n) is 1.87. The van der Waals surface area contributed by atoms with E-state index in [1.54, 1.807) is 30.3 Å². The van der Waals surface area contributed by atoms with Gasteiger partial charge in [-0.2, -0.15) is 10.4 Å². The quantitative estimate of drug-likeness (QED) is 0.266. The van der Waals surface area contributed by atoms with Crippen LogP contribution in [0.3, 0.4) is 0 Å². The summed E-state index contributed by atoms with van der Waals surface area (Å²) in [5.41, 5.74) is 8.12. The molecule has 5 N–H and O–H groups in total. The molecule has 0 atom stereocenters. The Morgan fingerprint density at radius 1 is 1.53 bits per heavy atom. The number of carboxylic acid groups (broad SMARTS) is 1. The minimum Gasteiger partial charge on any atom is -0.481 e. The van der Waals surface area contributed by atoms with Crippen molar-refractivity contribution >= 4 is 35.0 Å². The number of nitriles is 1. The van der Waals surface area contributed by atoms with Crippen molar-refractivity contribution < 1.29 is 9.90 Å². The summed E-state index contributed by atoms with van der Waals surface area (Å²) in [5, 5.41) is 27.9. The Morgan fingerprint density at radius 3 is 2.63 bits per heavy atom. The zero-order chi connectivity index (χ0) is 14.3. The summed E-state index contributed by atoms with van der Waals surface area (Å²) in [6.07, 6.45) is 0. The first-order valence-electron chi connectivity index (χ1n) is 5.05. The fourth-order valence-corrected chi connectivity index (χ4v) is 1.66. The maximum absolute atomic E-state index is 10.4. The van der Waals surface area contributed by atoms with Crippen LogP contribution in [0.25, 0.3) is 0 Å². The third-order valence-corrected chi connectivity index (χ3v) is 2.87. The Morgan fingerprint density at radius 2 is 2.16 bits per heavy atom. The van der Waals surface area contributed by atoms with Gasteiger partial charge in [0.1, 0.15) is 6.07 Å². The molecule has 1 aromatic rings. The van der Waals surface area contributed by atoms with Crippen molar-refractivity contribution in [3.05, 3.63) is 24.3 Å². The summed E-state index contributed by atoms with van der Waals surface area (Å²) in [6.45, 7) is 0. The van der Waals surface area contributed by atoms with Gasteiger partial charge in [-0.25, -0.2) is 0 Å². The second-order valence-corrected chi connectivity index (χ2v) is 4.35. The molecule has 7 nitrogen and oxygen atoms in total. The van der Waals surface area contributed by atoms with E-state index >= 15 is 0 Å². The molecule has 0 heterocycles. The predicted octanol–water partition coefficient (Wildman–Crippen LogP) is 1.09. The second kappa shape index (κ2) is 7.03. The molecule has 0 aliphatic carbocycles. The van der Waals surface area contributed by atoms with E-state index in [1.165, 1.54) is 11.8 Å². The molecule has 0 aliphatic heterocycles. The van der Waals surface area contributed by atoms with Crippen LogP contribution in [0.5, 0.6) is 0 Å². The van der Waals surface area contributed by atoms with Gasteiger partial charge in [0, 0.05) is 4.90 Å². The average molecular weight is 277 g/mol. The fourth-order valence-electron chi connectivity index (χ4n) is 1.04. The highest BCUT2D eigenvalue weighted by atomic mass is 32.2. The molecule has 0 fully saturated rings. The molecule has 0 aromatic heterocycles. The number of aliphatic carboxylic acids is 1. The predicted molar refractivity (Wildman–Crippen MR) is 73.4 cm³/mol. The Balaban J connectivity index is 2.65. The lowest BCUT2D eigenvalue weighted by Crippen LogP contribution is -2.21. The molecule has 0 spiro atoms. The number of carboxylic acids is 1. The number of anilines is 1. The first kappa shape index (κ1) is 14.5. The Labute approximate surface area is 113 Å². The van der Waals surface area contributed by atoms with Gasteiger partial charge in [0.05, 0.1) is 11.4 Å². The van der Waals surface area contributed by atoms with Gasteiger partial charge < -0.3 is 10.8 Å². The van der Waals surface area contributed by atoms with Crippen molar-refractivity contribution in [2.75, 3.05) is 11.2 Å². The summed E-state index contributed by atoms with van der Waals surface area (Å²) >= 11 is 1.20. The number of nitrogens with two attached hydrogens (primary N) is 1. The first-order chi connectivity index (χ1) is 9.02. The zero-order valence-electron chi connectivity index (χ0n) is 9.75. The van der Waals surface area contributed by atoms with Gasteiger partial charge in [-0.3, -0.25) is 15.6 Å². The van der Waals surface area contributed by atoms with Crippen LogP contribution in [0.1, 0.15) is 0 Å². The molecule has 1 rings (SSSR count). The molecule has 0 saturated carbocycles. The Kier molecular flexibility index (Phi) is 5.37. The first-order valence-corrected chi connectivity index (χ1v) is 6.04. The SMILES string of the molecule is N#C/C(=N\Nc1ccc(SCC(=O)O)cc1)C(=N)N. The van der Waals surface area contributed by atoms with E-state index in [1.807, 2.05) is 0 Å². The molecular formula is C11H11N5O2S. The molecule has 19 heavy (non-hydrogen) atoms. The highest BCUT2D eigenvalue weighted by Crippen LogP contribution is 2.20. The van der Waals surface area contributed by atoms with Crippen LogP contribution < -0.4 is 11.2 Å². The van der Waals surface area contributed by atoms with E-state index < -0.39 is 11.8 Å². The molecule has 0 saturated heterocycles. The smallest absolute Gasteiger partial charge is 0.313 e.